The normalized spacial score (nSPS) is 21.0. The molecule has 0 radical (unpaired) electrons. The van der Waals surface area contributed by atoms with Crippen molar-refractivity contribution in [3.8, 4) is 0 Å². The fraction of sp³-hybridized carbons (Fsp3) is 1.00. The third-order valence-electron chi connectivity index (χ3n) is 2.96. The predicted molar refractivity (Wildman–Crippen MR) is 61.9 cm³/mol. The van der Waals surface area contributed by atoms with E-state index in [1.807, 2.05) is 6.92 Å². The van der Waals surface area contributed by atoms with E-state index < -0.39 is 0 Å². The first-order chi connectivity index (χ1) is 6.33. The van der Waals surface area contributed by atoms with E-state index in [0.29, 0.717) is 0 Å². The van der Waals surface area contributed by atoms with Crippen molar-refractivity contribution in [3.63, 3.8) is 0 Å². The van der Waals surface area contributed by atoms with Gasteiger partial charge in [0.15, 0.2) is 0 Å². The zero-order valence-corrected chi connectivity index (χ0v) is 9.91. The van der Waals surface area contributed by atoms with E-state index in [4.69, 9.17) is 0 Å². The molecule has 14 heavy (non-hydrogen) atoms. The van der Waals surface area contributed by atoms with Crippen molar-refractivity contribution in [3.05, 3.63) is 0 Å². The van der Waals surface area contributed by atoms with E-state index in [0.717, 1.165) is 12.5 Å². The summed E-state index contributed by atoms with van der Waals surface area (Å²) in [6.45, 7) is 2.69. The van der Waals surface area contributed by atoms with E-state index in [1.165, 1.54) is 38.5 Å². The largest absolute Gasteiger partial charge is 0.311 e. The molecule has 1 nitrogen and oxygen atoms in total. The molecule has 0 amide bonds. The van der Waals surface area contributed by atoms with E-state index in [9.17, 15) is 4.39 Å². The van der Waals surface area contributed by atoms with Crippen LogP contribution in [0, 0.1) is 5.92 Å². The molecule has 86 valence electrons. The Labute approximate surface area is 93.3 Å². The van der Waals surface area contributed by atoms with Crippen molar-refractivity contribution in [2.75, 3.05) is 13.2 Å². The molecule has 0 aromatic carbocycles. The van der Waals surface area contributed by atoms with Gasteiger partial charge in [0, 0.05) is 6.04 Å². The number of nitrogens with one attached hydrogen (secondary N) is 1. The van der Waals surface area contributed by atoms with Crippen LogP contribution in [0.4, 0.5) is 4.39 Å². The highest BCUT2D eigenvalue weighted by Gasteiger charge is 2.12. The fourth-order valence-corrected chi connectivity index (χ4v) is 1.99. The molecule has 1 aliphatic carbocycles. The first-order valence-corrected chi connectivity index (χ1v) is 5.62. The summed E-state index contributed by atoms with van der Waals surface area (Å²) in [5.41, 5.74) is 0. The van der Waals surface area contributed by atoms with E-state index >= 15 is 0 Å². The Morgan fingerprint density at radius 3 is 2.29 bits per heavy atom. The number of alkyl halides is 1. The lowest BCUT2D eigenvalue weighted by Crippen LogP contribution is -2.32. The van der Waals surface area contributed by atoms with Crippen molar-refractivity contribution in [1.29, 1.82) is 0 Å². The van der Waals surface area contributed by atoms with Gasteiger partial charge < -0.3 is 5.32 Å². The molecule has 1 atom stereocenters. The Kier molecular flexibility index (Phi) is 8.59. The molecule has 0 aromatic rings. The summed E-state index contributed by atoms with van der Waals surface area (Å²) >= 11 is 0. The second-order valence-electron chi connectivity index (χ2n) is 4.32. The third-order valence-corrected chi connectivity index (χ3v) is 2.96. The van der Waals surface area contributed by atoms with E-state index in [-0.39, 0.29) is 25.1 Å². The van der Waals surface area contributed by atoms with Gasteiger partial charge >= 0.3 is 0 Å². The van der Waals surface area contributed by atoms with E-state index in [2.05, 4.69) is 5.32 Å². The van der Waals surface area contributed by atoms with Crippen LogP contribution >= 0.6 is 12.4 Å². The van der Waals surface area contributed by atoms with Crippen molar-refractivity contribution in [1.82, 2.24) is 5.32 Å². The summed E-state index contributed by atoms with van der Waals surface area (Å²) in [6, 6.07) is 0.0447. The summed E-state index contributed by atoms with van der Waals surface area (Å²) in [6.07, 6.45) is 8.22. The van der Waals surface area contributed by atoms with Crippen LogP contribution in [-0.2, 0) is 0 Å². The van der Waals surface area contributed by atoms with Gasteiger partial charge in [0.05, 0.1) is 0 Å². The Hall–Kier alpha value is 0.180. The molecule has 1 N–H and O–H groups in total. The van der Waals surface area contributed by atoms with Crippen LogP contribution in [0.5, 0.6) is 0 Å². The lowest BCUT2D eigenvalue weighted by Gasteiger charge is -2.17. The maximum Gasteiger partial charge on any atom is 0.104 e. The average Bonchev–Trinajstić information content (AvgIpc) is 2.42. The maximum absolute atomic E-state index is 12.2. The molecule has 0 bridgehead atoms. The maximum atomic E-state index is 12.2. The quantitative estimate of drug-likeness (QED) is 0.721. The Morgan fingerprint density at radius 2 is 1.79 bits per heavy atom. The molecule has 1 aliphatic rings. The lowest BCUT2D eigenvalue weighted by atomic mass is 10.0. The fourth-order valence-electron chi connectivity index (χ4n) is 1.99. The van der Waals surface area contributed by atoms with E-state index in [1.54, 1.807) is 0 Å². The first kappa shape index (κ1) is 14.2. The molecule has 1 fully saturated rings. The minimum Gasteiger partial charge on any atom is -0.311 e. The van der Waals surface area contributed by atoms with Crippen molar-refractivity contribution in [2.45, 2.75) is 51.5 Å². The summed E-state index contributed by atoms with van der Waals surface area (Å²) in [7, 11) is 0. The Morgan fingerprint density at radius 1 is 1.21 bits per heavy atom. The van der Waals surface area contributed by atoms with Crippen LogP contribution in [0.15, 0.2) is 0 Å². The molecule has 0 saturated heterocycles. The first-order valence-electron chi connectivity index (χ1n) is 5.62. The minimum absolute atomic E-state index is 0. The van der Waals surface area contributed by atoms with Gasteiger partial charge in [0.1, 0.15) is 6.67 Å². The summed E-state index contributed by atoms with van der Waals surface area (Å²) in [4.78, 5) is 0. The number of rotatable bonds is 4. The molecular weight excluding hydrogens is 201 g/mol. The Balaban J connectivity index is 0.00000169. The third kappa shape index (κ3) is 5.82. The summed E-state index contributed by atoms with van der Waals surface area (Å²) in [5.74, 6) is 0.802. The number of halogens is 2. The zero-order valence-electron chi connectivity index (χ0n) is 9.10. The standard InChI is InChI=1S/C11H22FN.ClH/c1-10(8-12)13-9-11-6-4-2-3-5-7-11;/h10-11,13H,2-9H2,1H3;1H/t10-;/m0./s1. The molecule has 0 spiro atoms. The lowest BCUT2D eigenvalue weighted by molar-refractivity contribution is 0.350. The molecule has 0 aliphatic heterocycles. The highest BCUT2D eigenvalue weighted by molar-refractivity contribution is 5.85. The summed E-state index contributed by atoms with van der Waals surface area (Å²) in [5, 5.41) is 3.25. The smallest absolute Gasteiger partial charge is 0.104 e. The van der Waals surface area contributed by atoms with Gasteiger partial charge in [0.2, 0.25) is 0 Å². The topological polar surface area (TPSA) is 12.0 Å². The second-order valence-corrected chi connectivity index (χ2v) is 4.32. The van der Waals surface area contributed by atoms with Crippen LogP contribution in [0.2, 0.25) is 0 Å². The molecule has 3 heteroatoms. The van der Waals surface area contributed by atoms with Crippen LogP contribution in [-0.4, -0.2) is 19.3 Å². The number of hydrogen-bond donors (Lipinski definition) is 1. The molecule has 0 heterocycles. The van der Waals surface area contributed by atoms with Gasteiger partial charge in [-0.3, -0.25) is 0 Å². The molecule has 1 saturated carbocycles. The SMILES string of the molecule is C[C@@H](CF)NCC1CCCCCC1.Cl. The number of hydrogen-bond acceptors (Lipinski definition) is 1. The minimum atomic E-state index is -0.243. The van der Waals surface area contributed by atoms with Crippen LogP contribution in [0.1, 0.15) is 45.4 Å². The molecule has 0 aromatic heterocycles. The summed E-state index contributed by atoms with van der Waals surface area (Å²) < 4.78 is 12.2. The average molecular weight is 224 g/mol. The van der Waals surface area contributed by atoms with Crippen LogP contribution in [0.3, 0.4) is 0 Å². The van der Waals surface area contributed by atoms with Crippen LogP contribution in [0.25, 0.3) is 0 Å². The van der Waals surface area contributed by atoms with Crippen LogP contribution < -0.4 is 5.32 Å². The highest BCUT2D eigenvalue weighted by atomic mass is 35.5. The zero-order chi connectivity index (χ0) is 9.52. The Bertz CT molecular complexity index is 124. The monoisotopic (exact) mass is 223 g/mol. The molecule has 1 rings (SSSR count). The molecule has 0 unspecified atom stereocenters. The van der Waals surface area contributed by atoms with Crippen molar-refractivity contribution in [2.24, 2.45) is 5.92 Å². The highest BCUT2D eigenvalue weighted by Crippen LogP contribution is 2.22. The van der Waals surface area contributed by atoms with Crippen molar-refractivity contribution < 1.29 is 4.39 Å². The van der Waals surface area contributed by atoms with Gasteiger partial charge in [0.25, 0.3) is 0 Å². The van der Waals surface area contributed by atoms with Crippen molar-refractivity contribution >= 4 is 12.4 Å². The van der Waals surface area contributed by atoms with Gasteiger partial charge in [-0.2, -0.15) is 0 Å². The van der Waals surface area contributed by atoms with Gasteiger partial charge in [-0.25, -0.2) is 4.39 Å². The van der Waals surface area contributed by atoms with Gasteiger partial charge in [-0.05, 0) is 32.2 Å². The van der Waals surface area contributed by atoms with Gasteiger partial charge in [-0.15, -0.1) is 12.4 Å². The molecular formula is C11H23ClFN. The second kappa shape index (κ2) is 8.49. The predicted octanol–water partition coefficient (Wildman–Crippen LogP) is 3.33. The van der Waals surface area contributed by atoms with Gasteiger partial charge in [-0.1, -0.05) is 25.7 Å².